The minimum Gasteiger partial charge on any atom is -0.478 e. The number of esters is 2. The van der Waals surface area contributed by atoms with Gasteiger partial charge >= 0.3 is 17.9 Å². The highest BCUT2D eigenvalue weighted by Gasteiger charge is 2.48. The summed E-state index contributed by atoms with van der Waals surface area (Å²) in [5.74, 6) is -2.39. The third-order valence-corrected chi connectivity index (χ3v) is 5.17. The second-order valence-electron chi connectivity index (χ2n) is 8.21. The maximum absolute atomic E-state index is 12.4. The molecule has 196 valence electrons. The van der Waals surface area contributed by atoms with Crippen molar-refractivity contribution in [2.75, 3.05) is 12.3 Å². The van der Waals surface area contributed by atoms with Crippen molar-refractivity contribution >= 4 is 23.6 Å². The highest BCUT2D eigenvalue weighted by molar-refractivity contribution is 5.92. The number of hydrogen-bond acceptors (Lipinski definition) is 10. The normalized spacial score (nSPS) is 22.7. The molecule has 35 heavy (non-hydrogen) atoms. The molecule has 4 N–H and O–H groups in total. The number of hydrogen-bond donors (Lipinski definition) is 3. The number of benzene rings is 1. The minimum absolute atomic E-state index is 0.0599. The quantitative estimate of drug-likeness (QED) is 0.208. The van der Waals surface area contributed by atoms with Crippen molar-refractivity contribution in [1.29, 1.82) is 0 Å². The van der Waals surface area contributed by atoms with Gasteiger partial charge in [-0.15, -0.1) is 0 Å². The molecule has 11 heteroatoms. The van der Waals surface area contributed by atoms with E-state index >= 15 is 0 Å². The Hall–Kier alpha value is -2.89. The summed E-state index contributed by atoms with van der Waals surface area (Å²) in [7, 11) is 0. The molecule has 0 amide bonds. The number of carboxylic acid groups (broad SMARTS) is 1. The van der Waals surface area contributed by atoms with Crippen molar-refractivity contribution in [3.8, 4) is 5.75 Å². The van der Waals surface area contributed by atoms with Crippen LogP contribution in [0.15, 0.2) is 18.2 Å². The predicted octanol–water partition coefficient (Wildman–Crippen LogP) is 2.63. The van der Waals surface area contributed by atoms with Crippen molar-refractivity contribution < 1.29 is 48.3 Å². The van der Waals surface area contributed by atoms with Gasteiger partial charge in [-0.1, -0.05) is 27.2 Å². The summed E-state index contributed by atoms with van der Waals surface area (Å²) in [6, 6.07) is 4.06. The van der Waals surface area contributed by atoms with Crippen LogP contribution in [-0.2, 0) is 28.5 Å². The first-order valence-electron chi connectivity index (χ1n) is 11.8. The number of carbonyl (C=O) groups excluding carboxylic acids is 2. The first-order chi connectivity index (χ1) is 16.7. The molecule has 0 aromatic heterocycles. The van der Waals surface area contributed by atoms with Crippen LogP contribution < -0.4 is 10.5 Å². The average molecular weight is 498 g/mol. The Labute approximate surface area is 204 Å². The van der Waals surface area contributed by atoms with Crippen molar-refractivity contribution in [1.82, 2.24) is 0 Å². The fourth-order valence-electron chi connectivity index (χ4n) is 3.52. The summed E-state index contributed by atoms with van der Waals surface area (Å²) >= 11 is 0. The minimum atomic E-state index is -1.29. The topological polar surface area (TPSA) is 164 Å². The summed E-state index contributed by atoms with van der Waals surface area (Å²) in [4.78, 5) is 36.3. The van der Waals surface area contributed by atoms with Gasteiger partial charge in [0.25, 0.3) is 0 Å². The molecule has 1 unspecified atom stereocenters. The van der Waals surface area contributed by atoms with Gasteiger partial charge in [0.2, 0.25) is 6.29 Å². The summed E-state index contributed by atoms with van der Waals surface area (Å²) in [5.41, 5.74) is 5.72. The largest absolute Gasteiger partial charge is 0.478 e. The van der Waals surface area contributed by atoms with E-state index in [-0.39, 0.29) is 42.9 Å². The van der Waals surface area contributed by atoms with E-state index in [1.807, 2.05) is 20.8 Å². The maximum atomic E-state index is 12.4. The number of aromatic carboxylic acids is 1. The molecule has 2 rings (SSSR count). The Morgan fingerprint density at radius 1 is 1.06 bits per heavy atom. The van der Waals surface area contributed by atoms with Crippen LogP contribution in [0.5, 0.6) is 5.75 Å². The lowest BCUT2D eigenvalue weighted by Crippen LogP contribution is -2.59. The van der Waals surface area contributed by atoms with Crippen LogP contribution >= 0.6 is 0 Å². The second kappa shape index (κ2) is 13.9. The van der Waals surface area contributed by atoms with Crippen LogP contribution in [0.1, 0.15) is 69.7 Å². The van der Waals surface area contributed by atoms with Crippen molar-refractivity contribution in [2.45, 2.75) is 90.2 Å². The average Bonchev–Trinajstić information content (AvgIpc) is 2.79. The molecule has 1 aliphatic rings. The van der Waals surface area contributed by atoms with Crippen LogP contribution in [0, 0.1) is 0 Å². The third kappa shape index (κ3) is 8.37. The number of carboxylic acids is 1. The molecule has 1 aliphatic heterocycles. The zero-order valence-electron chi connectivity index (χ0n) is 20.3. The smallest absolute Gasteiger partial charge is 0.339 e. The van der Waals surface area contributed by atoms with E-state index in [1.54, 1.807) is 0 Å². The van der Waals surface area contributed by atoms with Gasteiger partial charge in [0, 0.05) is 18.5 Å². The molecule has 0 saturated carbocycles. The predicted molar refractivity (Wildman–Crippen MR) is 124 cm³/mol. The monoisotopic (exact) mass is 497 g/mol. The van der Waals surface area contributed by atoms with Crippen LogP contribution in [0.3, 0.4) is 0 Å². The number of carbonyl (C=O) groups is 3. The molecule has 1 saturated heterocycles. The third-order valence-electron chi connectivity index (χ3n) is 5.17. The molecular formula is C24H35NO10. The summed E-state index contributed by atoms with van der Waals surface area (Å²) in [5, 5.41) is 19.9. The lowest BCUT2D eigenvalue weighted by molar-refractivity contribution is -0.293. The van der Waals surface area contributed by atoms with E-state index in [1.165, 1.54) is 18.2 Å². The number of rotatable bonds is 13. The number of aliphatic hydroxyl groups is 1. The first-order valence-corrected chi connectivity index (χ1v) is 11.8. The van der Waals surface area contributed by atoms with Gasteiger partial charge in [0.1, 0.15) is 11.3 Å². The van der Waals surface area contributed by atoms with Crippen molar-refractivity contribution in [3.63, 3.8) is 0 Å². The van der Waals surface area contributed by atoms with E-state index in [2.05, 4.69) is 0 Å². The second-order valence-corrected chi connectivity index (χ2v) is 8.21. The lowest BCUT2D eigenvalue weighted by atomic mass is 10.0. The number of aliphatic hydroxyl groups excluding tert-OH is 1. The van der Waals surface area contributed by atoms with Gasteiger partial charge in [-0.2, -0.15) is 0 Å². The first kappa shape index (κ1) is 28.3. The van der Waals surface area contributed by atoms with E-state index in [0.717, 1.165) is 0 Å². The summed E-state index contributed by atoms with van der Waals surface area (Å²) in [6.07, 6.45) is -3.75. The SMILES string of the molecule is CCCC(=O)O[C@@H]1[C@@H](OC(O)CCC)[C@@H](Oc2ccc(N)cc2C(=O)O)OC[C@@H]1OC(=O)CCC. The Morgan fingerprint density at radius 2 is 1.71 bits per heavy atom. The molecule has 0 radical (unpaired) electrons. The summed E-state index contributed by atoms with van der Waals surface area (Å²) < 4.78 is 28.5. The molecule has 5 atom stereocenters. The molecule has 1 fully saturated rings. The molecule has 11 nitrogen and oxygen atoms in total. The van der Waals surface area contributed by atoms with Crippen molar-refractivity contribution in [2.24, 2.45) is 0 Å². The Balaban J connectivity index is 2.40. The van der Waals surface area contributed by atoms with E-state index in [4.69, 9.17) is 29.4 Å². The lowest BCUT2D eigenvalue weighted by Gasteiger charge is -2.41. The van der Waals surface area contributed by atoms with Gasteiger partial charge in [0.05, 0.1) is 6.61 Å². The molecule has 0 bridgehead atoms. The zero-order chi connectivity index (χ0) is 26.0. The molecule has 1 aromatic rings. The van der Waals surface area contributed by atoms with Crippen LogP contribution in [0.25, 0.3) is 0 Å². The number of nitrogens with two attached hydrogens (primary N) is 1. The fourth-order valence-corrected chi connectivity index (χ4v) is 3.52. The molecule has 1 aromatic carbocycles. The van der Waals surface area contributed by atoms with Crippen molar-refractivity contribution in [3.05, 3.63) is 23.8 Å². The summed E-state index contributed by atoms with van der Waals surface area (Å²) in [6.45, 7) is 5.27. The number of nitrogen functional groups attached to an aromatic ring is 1. The molecule has 0 spiro atoms. The number of ether oxygens (including phenoxy) is 5. The molecule has 1 heterocycles. The van der Waals surface area contributed by atoms with Crippen LogP contribution in [0.4, 0.5) is 5.69 Å². The highest BCUT2D eigenvalue weighted by atomic mass is 16.7. The standard InChI is InChI=1S/C24H35NO10/c1-4-7-18(26)32-17-13-31-24(33-16-11-10-14(25)12-15(16)23(29)30)22(35-20(28)9-6-3)21(17)34-19(27)8-5-2/h10-12,17,20-22,24,28H,4-9,13,25H2,1-3H3,(H,29,30)/t17-,20?,21-,22+,24+/m0/s1. The van der Waals surface area contributed by atoms with Gasteiger partial charge in [0.15, 0.2) is 24.6 Å². The van der Waals surface area contributed by atoms with E-state index < -0.39 is 48.8 Å². The van der Waals surface area contributed by atoms with Gasteiger partial charge in [-0.3, -0.25) is 9.59 Å². The highest BCUT2D eigenvalue weighted by Crippen LogP contribution is 2.30. The van der Waals surface area contributed by atoms with E-state index in [9.17, 15) is 24.6 Å². The Kier molecular flexibility index (Phi) is 11.2. The van der Waals surface area contributed by atoms with Gasteiger partial charge in [-0.25, -0.2) is 4.79 Å². The van der Waals surface area contributed by atoms with Gasteiger partial charge < -0.3 is 39.6 Å². The Morgan fingerprint density at radius 3 is 2.31 bits per heavy atom. The van der Waals surface area contributed by atoms with E-state index in [0.29, 0.717) is 19.3 Å². The Bertz CT molecular complexity index is 861. The number of anilines is 1. The zero-order valence-corrected chi connectivity index (χ0v) is 20.3. The van der Waals surface area contributed by atoms with Crippen LogP contribution in [0.2, 0.25) is 0 Å². The van der Waals surface area contributed by atoms with Crippen LogP contribution in [-0.4, -0.2) is 65.6 Å². The maximum Gasteiger partial charge on any atom is 0.339 e. The molecule has 0 aliphatic carbocycles. The fraction of sp³-hybridized carbons (Fsp3) is 0.625. The molecular weight excluding hydrogens is 462 g/mol. The van der Waals surface area contributed by atoms with Gasteiger partial charge in [-0.05, 0) is 37.5 Å².